The first-order valence-corrected chi connectivity index (χ1v) is 7.66. The molecular weight excluding hydrogens is 252 g/mol. The van der Waals surface area contributed by atoms with E-state index in [1.165, 1.54) is 0 Å². The van der Waals surface area contributed by atoms with Crippen LogP contribution in [0.5, 0.6) is 0 Å². The summed E-state index contributed by atoms with van der Waals surface area (Å²) >= 11 is 0. The van der Waals surface area contributed by atoms with E-state index in [1.54, 1.807) is 0 Å². The molecule has 20 heavy (non-hydrogen) atoms. The average Bonchev–Trinajstić information content (AvgIpc) is 2.52. The van der Waals surface area contributed by atoms with Gasteiger partial charge in [0.25, 0.3) is 0 Å². The molecule has 1 amide bonds. The van der Waals surface area contributed by atoms with Crippen LogP contribution in [0.25, 0.3) is 0 Å². The second kappa shape index (κ2) is 7.67. The lowest BCUT2D eigenvalue weighted by Gasteiger charge is -2.26. The summed E-state index contributed by atoms with van der Waals surface area (Å²) in [6.45, 7) is 13.2. The van der Waals surface area contributed by atoms with E-state index < -0.39 is 5.60 Å². The van der Waals surface area contributed by atoms with E-state index >= 15 is 0 Å². The molecule has 1 saturated heterocycles. The summed E-state index contributed by atoms with van der Waals surface area (Å²) < 4.78 is 5.44. The van der Waals surface area contributed by atoms with Crippen LogP contribution >= 0.6 is 0 Å². The SMILES string of the molecule is C=CC[C@H](C)N[C@H]1CCCN(C(=O)OC(C)(C)C)CC1. The van der Waals surface area contributed by atoms with Gasteiger partial charge in [0.1, 0.15) is 5.60 Å². The number of carbonyl (C=O) groups is 1. The van der Waals surface area contributed by atoms with Crippen molar-refractivity contribution in [3.8, 4) is 0 Å². The highest BCUT2D eigenvalue weighted by atomic mass is 16.6. The molecule has 1 heterocycles. The van der Waals surface area contributed by atoms with E-state index in [0.717, 1.165) is 38.8 Å². The maximum absolute atomic E-state index is 12.1. The van der Waals surface area contributed by atoms with Gasteiger partial charge in [-0.3, -0.25) is 0 Å². The first-order valence-electron chi connectivity index (χ1n) is 7.66. The van der Waals surface area contributed by atoms with Crippen LogP contribution in [0.2, 0.25) is 0 Å². The van der Waals surface area contributed by atoms with Gasteiger partial charge < -0.3 is 15.0 Å². The Morgan fingerprint density at radius 2 is 2.15 bits per heavy atom. The number of rotatable bonds is 4. The average molecular weight is 282 g/mol. The smallest absolute Gasteiger partial charge is 0.410 e. The number of carbonyl (C=O) groups excluding carboxylic acids is 1. The van der Waals surface area contributed by atoms with E-state index in [-0.39, 0.29) is 6.09 Å². The van der Waals surface area contributed by atoms with Crippen molar-refractivity contribution >= 4 is 6.09 Å². The minimum absolute atomic E-state index is 0.183. The number of amides is 1. The van der Waals surface area contributed by atoms with Crippen molar-refractivity contribution in [2.45, 2.75) is 71.1 Å². The third kappa shape index (κ3) is 6.42. The summed E-state index contributed by atoms with van der Waals surface area (Å²) in [5, 5.41) is 3.62. The molecule has 0 aromatic heterocycles. The van der Waals surface area contributed by atoms with Crippen molar-refractivity contribution < 1.29 is 9.53 Å². The fourth-order valence-electron chi connectivity index (χ4n) is 2.49. The summed E-state index contributed by atoms with van der Waals surface area (Å²) in [5.74, 6) is 0. The van der Waals surface area contributed by atoms with Crippen LogP contribution in [0, 0.1) is 0 Å². The fraction of sp³-hybridized carbons (Fsp3) is 0.812. The maximum atomic E-state index is 12.1. The quantitative estimate of drug-likeness (QED) is 0.804. The predicted octanol–water partition coefficient (Wildman–Crippen LogP) is 3.33. The van der Waals surface area contributed by atoms with Crippen LogP contribution in [0.15, 0.2) is 12.7 Å². The lowest BCUT2D eigenvalue weighted by molar-refractivity contribution is 0.0256. The Labute approximate surface area is 123 Å². The number of nitrogens with one attached hydrogen (secondary N) is 1. The van der Waals surface area contributed by atoms with Crippen LogP contribution in [0.3, 0.4) is 0 Å². The van der Waals surface area contributed by atoms with Gasteiger partial charge >= 0.3 is 6.09 Å². The van der Waals surface area contributed by atoms with E-state index in [1.807, 2.05) is 31.7 Å². The molecular formula is C16H30N2O2. The molecule has 1 fully saturated rings. The lowest BCUT2D eigenvalue weighted by atomic mass is 10.1. The first-order chi connectivity index (χ1) is 9.31. The van der Waals surface area contributed by atoms with E-state index in [9.17, 15) is 4.79 Å². The molecule has 4 heteroatoms. The standard InChI is InChI=1S/C16H30N2O2/c1-6-8-13(2)17-14-9-7-11-18(12-10-14)15(19)20-16(3,4)5/h6,13-14,17H,1,7-12H2,2-5H3/t13-,14-/m0/s1. The Morgan fingerprint density at radius 1 is 1.45 bits per heavy atom. The van der Waals surface area contributed by atoms with Gasteiger partial charge in [0, 0.05) is 25.2 Å². The number of hydrogen-bond acceptors (Lipinski definition) is 3. The van der Waals surface area contributed by atoms with Crippen molar-refractivity contribution in [3.63, 3.8) is 0 Å². The van der Waals surface area contributed by atoms with Gasteiger partial charge in [0.2, 0.25) is 0 Å². The van der Waals surface area contributed by atoms with Crippen molar-refractivity contribution in [3.05, 3.63) is 12.7 Å². The Bertz CT molecular complexity index is 323. The highest BCUT2D eigenvalue weighted by Crippen LogP contribution is 2.16. The molecule has 0 bridgehead atoms. The zero-order valence-corrected chi connectivity index (χ0v) is 13.4. The van der Waals surface area contributed by atoms with Gasteiger partial charge in [-0.2, -0.15) is 0 Å². The van der Waals surface area contributed by atoms with Crippen LogP contribution in [-0.4, -0.2) is 41.8 Å². The Kier molecular flexibility index (Phi) is 6.53. The molecule has 116 valence electrons. The van der Waals surface area contributed by atoms with E-state index in [2.05, 4.69) is 18.8 Å². The molecule has 0 aromatic carbocycles. The van der Waals surface area contributed by atoms with Crippen molar-refractivity contribution in [1.82, 2.24) is 10.2 Å². The molecule has 1 aliphatic heterocycles. The number of hydrogen-bond donors (Lipinski definition) is 1. The molecule has 1 rings (SSSR count). The van der Waals surface area contributed by atoms with E-state index in [0.29, 0.717) is 12.1 Å². The van der Waals surface area contributed by atoms with Gasteiger partial charge in [-0.15, -0.1) is 6.58 Å². The van der Waals surface area contributed by atoms with Crippen molar-refractivity contribution in [1.29, 1.82) is 0 Å². The largest absolute Gasteiger partial charge is 0.444 e. The zero-order valence-electron chi connectivity index (χ0n) is 13.4. The molecule has 0 unspecified atom stereocenters. The summed E-state index contributed by atoms with van der Waals surface area (Å²) in [5.41, 5.74) is -0.417. The van der Waals surface area contributed by atoms with Crippen molar-refractivity contribution in [2.75, 3.05) is 13.1 Å². The summed E-state index contributed by atoms with van der Waals surface area (Å²) in [4.78, 5) is 13.9. The van der Waals surface area contributed by atoms with Gasteiger partial charge in [-0.1, -0.05) is 6.08 Å². The molecule has 0 aliphatic carbocycles. The second-order valence-electron chi connectivity index (χ2n) is 6.69. The Hall–Kier alpha value is -1.03. The van der Waals surface area contributed by atoms with Gasteiger partial charge in [-0.05, 0) is 53.4 Å². The fourth-order valence-corrected chi connectivity index (χ4v) is 2.49. The number of nitrogens with zero attached hydrogens (tertiary/aromatic N) is 1. The van der Waals surface area contributed by atoms with Gasteiger partial charge in [0.15, 0.2) is 0 Å². The highest BCUT2D eigenvalue weighted by Gasteiger charge is 2.25. The summed E-state index contributed by atoms with van der Waals surface area (Å²) in [6.07, 6.45) is 5.87. The second-order valence-corrected chi connectivity index (χ2v) is 6.69. The minimum atomic E-state index is -0.417. The highest BCUT2D eigenvalue weighted by molar-refractivity contribution is 5.68. The van der Waals surface area contributed by atoms with Crippen LogP contribution in [0.4, 0.5) is 4.79 Å². The number of likely N-dealkylation sites (tertiary alicyclic amines) is 1. The molecule has 2 atom stereocenters. The zero-order chi connectivity index (χ0) is 15.2. The third-order valence-electron chi connectivity index (χ3n) is 3.42. The Balaban J connectivity index is 2.42. The van der Waals surface area contributed by atoms with Crippen LogP contribution in [0.1, 0.15) is 53.4 Å². The van der Waals surface area contributed by atoms with E-state index in [4.69, 9.17) is 4.74 Å². The van der Waals surface area contributed by atoms with Gasteiger partial charge in [0.05, 0.1) is 0 Å². The minimum Gasteiger partial charge on any atom is -0.444 e. The van der Waals surface area contributed by atoms with Crippen LogP contribution in [-0.2, 0) is 4.74 Å². The molecule has 0 saturated carbocycles. The molecule has 1 aliphatic rings. The first kappa shape index (κ1) is 17.0. The van der Waals surface area contributed by atoms with Crippen LogP contribution < -0.4 is 5.32 Å². The Morgan fingerprint density at radius 3 is 2.75 bits per heavy atom. The molecule has 1 N–H and O–H groups in total. The lowest BCUT2D eigenvalue weighted by Crippen LogP contribution is -2.39. The monoisotopic (exact) mass is 282 g/mol. The normalized spacial score (nSPS) is 22.0. The maximum Gasteiger partial charge on any atom is 0.410 e. The molecule has 0 aromatic rings. The molecule has 0 radical (unpaired) electrons. The molecule has 0 spiro atoms. The molecule has 4 nitrogen and oxygen atoms in total. The third-order valence-corrected chi connectivity index (χ3v) is 3.42. The predicted molar refractivity (Wildman–Crippen MR) is 82.9 cm³/mol. The number of ether oxygens (including phenoxy) is 1. The van der Waals surface area contributed by atoms with Crippen molar-refractivity contribution in [2.24, 2.45) is 0 Å². The summed E-state index contributed by atoms with van der Waals surface area (Å²) in [6, 6.07) is 0.933. The topological polar surface area (TPSA) is 41.6 Å². The van der Waals surface area contributed by atoms with Gasteiger partial charge in [-0.25, -0.2) is 4.79 Å². The summed E-state index contributed by atoms with van der Waals surface area (Å²) in [7, 11) is 0.